The first kappa shape index (κ1) is 21.1. The fourth-order valence-corrected chi connectivity index (χ4v) is 4.10. The lowest BCUT2D eigenvalue weighted by atomic mass is 10.0. The Labute approximate surface area is 160 Å². The number of hydrogen-bond acceptors (Lipinski definition) is 4. The molecular weight excluding hydrogens is 364 g/mol. The number of aliphatic hydroxyl groups excluding tert-OH is 1. The van der Waals surface area contributed by atoms with Gasteiger partial charge in [-0.05, 0) is 30.5 Å². The molecule has 6 nitrogen and oxygen atoms in total. The highest BCUT2D eigenvalue weighted by Crippen LogP contribution is 2.20. The number of amides is 1. The van der Waals surface area contributed by atoms with E-state index < -0.39 is 28.0 Å². The first-order valence-corrected chi connectivity index (χ1v) is 10.3. The second kappa shape index (κ2) is 9.12. The Morgan fingerprint density at radius 1 is 1.00 bits per heavy atom. The monoisotopic (exact) mass is 390 g/mol. The molecule has 27 heavy (non-hydrogen) atoms. The van der Waals surface area contributed by atoms with E-state index in [1.165, 1.54) is 12.1 Å². The highest BCUT2D eigenvalue weighted by Gasteiger charge is 2.25. The van der Waals surface area contributed by atoms with Crippen LogP contribution in [0.2, 0.25) is 0 Å². The molecule has 0 radical (unpaired) electrons. The van der Waals surface area contributed by atoms with Crippen LogP contribution in [0.3, 0.4) is 0 Å². The van der Waals surface area contributed by atoms with Gasteiger partial charge in [0.25, 0.3) is 5.91 Å². The first-order valence-electron chi connectivity index (χ1n) is 8.84. The fourth-order valence-electron chi connectivity index (χ4n) is 2.66. The maximum Gasteiger partial charge on any atom is 0.252 e. The summed E-state index contributed by atoms with van der Waals surface area (Å²) in [6.07, 6.45) is 0. The van der Waals surface area contributed by atoms with E-state index in [2.05, 4.69) is 10.0 Å². The average Bonchev–Trinajstić information content (AvgIpc) is 2.66. The molecule has 0 saturated heterocycles. The summed E-state index contributed by atoms with van der Waals surface area (Å²) < 4.78 is 28.4. The molecular formula is C20H26N2O4S. The van der Waals surface area contributed by atoms with E-state index in [-0.39, 0.29) is 23.0 Å². The summed E-state index contributed by atoms with van der Waals surface area (Å²) in [6.45, 7) is 5.26. The number of carbonyl (C=O) groups excluding carboxylic acids is 1. The van der Waals surface area contributed by atoms with E-state index in [1.54, 1.807) is 19.1 Å². The largest absolute Gasteiger partial charge is 0.394 e. The zero-order valence-corrected chi connectivity index (χ0v) is 16.5. The van der Waals surface area contributed by atoms with Crippen molar-refractivity contribution >= 4 is 15.9 Å². The molecule has 0 unspecified atom stereocenters. The minimum Gasteiger partial charge on any atom is -0.394 e. The molecule has 7 heteroatoms. The summed E-state index contributed by atoms with van der Waals surface area (Å²) in [6, 6.07) is 14.3. The smallest absolute Gasteiger partial charge is 0.252 e. The van der Waals surface area contributed by atoms with Gasteiger partial charge in [0.15, 0.2) is 0 Å². The van der Waals surface area contributed by atoms with Crippen LogP contribution in [-0.2, 0) is 10.0 Å². The summed E-state index contributed by atoms with van der Waals surface area (Å²) in [5.74, 6) is -0.518. The molecule has 2 aromatic rings. The van der Waals surface area contributed by atoms with E-state index in [1.807, 2.05) is 44.2 Å². The van der Waals surface area contributed by atoms with E-state index in [9.17, 15) is 18.3 Å². The van der Waals surface area contributed by atoms with E-state index in [0.29, 0.717) is 0 Å². The molecule has 0 bridgehead atoms. The maximum atomic E-state index is 12.9. The molecule has 0 aliphatic carbocycles. The normalized spacial score (nSPS) is 14.0. The molecule has 2 rings (SSSR count). The van der Waals surface area contributed by atoms with Gasteiger partial charge >= 0.3 is 0 Å². The third-order valence-electron chi connectivity index (χ3n) is 4.37. The van der Waals surface area contributed by atoms with E-state index in [4.69, 9.17) is 0 Å². The third kappa shape index (κ3) is 5.38. The maximum absolute atomic E-state index is 12.9. The van der Waals surface area contributed by atoms with Crippen LogP contribution in [0.1, 0.15) is 42.7 Å². The van der Waals surface area contributed by atoms with Gasteiger partial charge in [0.2, 0.25) is 10.0 Å². The Morgan fingerprint density at radius 3 is 2.19 bits per heavy atom. The molecule has 0 heterocycles. The van der Waals surface area contributed by atoms with Crippen LogP contribution in [0.15, 0.2) is 59.5 Å². The van der Waals surface area contributed by atoms with Gasteiger partial charge in [-0.2, -0.15) is 0 Å². The van der Waals surface area contributed by atoms with Gasteiger partial charge in [-0.1, -0.05) is 56.3 Å². The van der Waals surface area contributed by atoms with Crippen molar-refractivity contribution in [1.82, 2.24) is 10.0 Å². The van der Waals surface area contributed by atoms with Crippen LogP contribution in [-0.4, -0.2) is 32.1 Å². The predicted molar refractivity (Wildman–Crippen MR) is 105 cm³/mol. The minimum absolute atomic E-state index is 0.0129. The van der Waals surface area contributed by atoms with Crippen molar-refractivity contribution in [2.24, 2.45) is 5.92 Å². The Bertz CT molecular complexity index is 867. The quantitative estimate of drug-likeness (QED) is 0.645. The Morgan fingerprint density at radius 2 is 1.59 bits per heavy atom. The second-order valence-electron chi connectivity index (χ2n) is 6.76. The number of carbonyl (C=O) groups is 1. The lowest BCUT2D eigenvalue weighted by Crippen LogP contribution is -2.41. The molecule has 3 N–H and O–H groups in total. The molecule has 0 saturated carbocycles. The Kier molecular flexibility index (Phi) is 7.12. The molecule has 1 amide bonds. The van der Waals surface area contributed by atoms with Crippen LogP contribution >= 0.6 is 0 Å². The SMILES string of the molecule is CC(C)[C@@H](CO)NC(=O)c1ccccc1S(=O)(=O)N[C@H](C)c1ccccc1. The lowest BCUT2D eigenvalue weighted by molar-refractivity contribution is 0.0893. The van der Waals surface area contributed by atoms with Gasteiger partial charge in [0, 0.05) is 6.04 Å². The molecule has 0 spiro atoms. The number of aliphatic hydroxyl groups is 1. The molecule has 0 aliphatic heterocycles. The number of sulfonamides is 1. The molecule has 2 aromatic carbocycles. The number of benzene rings is 2. The van der Waals surface area contributed by atoms with Crippen molar-refractivity contribution in [3.8, 4) is 0 Å². The summed E-state index contributed by atoms with van der Waals surface area (Å²) >= 11 is 0. The summed E-state index contributed by atoms with van der Waals surface area (Å²) in [4.78, 5) is 12.5. The first-order chi connectivity index (χ1) is 12.8. The third-order valence-corrected chi connectivity index (χ3v) is 5.97. The Balaban J connectivity index is 2.29. The molecule has 2 atom stereocenters. The second-order valence-corrected chi connectivity index (χ2v) is 8.44. The van der Waals surface area contributed by atoms with Gasteiger partial charge in [-0.15, -0.1) is 0 Å². The highest BCUT2D eigenvalue weighted by atomic mass is 32.2. The van der Waals surface area contributed by atoms with Crippen LogP contribution in [0, 0.1) is 5.92 Å². The van der Waals surface area contributed by atoms with Crippen LogP contribution in [0.25, 0.3) is 0 Å². The zero-order valence-electron chi connectivity index (χ0n) is 15.7. The molecule has 0 aliphatic rings. The zero-order chi connectivity index (χ0) is 20.0. The van der Waals surface area contributed by atoms with Crippen molar-refractivity contribution in [3.63, 3.8) is 0 Å². The molecule has 0 fully saturated rings. The van der Waals surface area contributed by atoms with Crippen LogP contribution < -0.4 is 10.0 Å². The topological polar surface area (TPSA) is 95.5 Å². The predicted octanol–water partition coefficient (Wildman–Crippen LogP) is 2.47. The highest BCUT2D eigenvalue weighted by molar-refractivity contribution is 7.89. The van der Waals surface area contributed by atoms with Crippen molar-refractivity contribution in [3.05, 3.63) is 65.7 Å². The minimum atomic E-state index is -3.92. The van der Waals surface area contributed by atoms with Crippen LogP contribution in [0.4, 0.5) is 0 Å². The standard InChI is InChI=1S/C20H26N2O4S/c1-14(2)18(13-23)21-20(24)17-11-7-8-12-19(17)27(25,26)22-15(3)16-9-5-4-6-10-16/h4-12,14-15,18,22-23H,13H2,1-3H3,(H,21,24)/t15-,18-/m1/s1. The van der Waals surface area contributed by atoms with E-state index in [0.717, 1.165) is 5.56 Å². The van der Waals surface area contributed by atoms with Gasteiger partial charge in [0.1, 0.15) is 0 Å². The van der Waals surface area contributed by atoms with Gasteiger partial charge in [0.05, 0.1) is 23.1 Å². The van der Waals surface area contributed by atoms with Crippen molar-refractivity contribution < 1.29 is 18.3 Å². The fraction of sp³-hybridized carbons (Fsp3) is 0.350. The summed E-state index contributed by atoms with van der Waals surface area (Å²) in [5, 5.41) is 12.1. The average molecular weight is 391 g/mol. The van der Waals surface area contributed by atoms with Crippen molar-refractivity contribution in [1.29, 1.82) is 0 Å². The summed E-state index contributed by atoms with van der Waals surface area (Å²) in [7, 11) is -3.92. The van der Waals surface area contributed by atoms with Crippen molar-refractivity contribution in [2.45, 2.75) is 37.8 Å². The number of nitrogens with one attached hydrogen (secondary N) is 2. The van der Waals surface area contributed by atoms with Gasteiger partial charge in [-0.25, -0.2) is 13.1 Å². The number of hydrogen-bond donors (Lipinski definition) is 3. The van der Waals surface area contributed by atoms with Gasteiger partial charge < -0.3 is 10.4 Å². The summed E-state index contributed by atoms with van der Waals surface area (Å²) in [5.41, 5.74) is 0.868. The molecule has 146 valence electrons. The van der Waals surface area contributed by atoms with Gasteiger partial charge in [-0.3, -0.25) is 4.79 Å². The molecule has 0 aromatic heterocycles. The van der Waals surface area contributed by atoms with Crippen LogP contribution in [0.5, 0.6) is 0 Å². The lowest BCUT2D eigenvalue weighted by Gasteiger charge is -2.21. The van der Waals surface area contributed by atoms with Crippen molar-refractivity contribution in [2.75, 3.05) is 6.61 Å². The number of rotatable bonds is 8. The Hall–Kier alpha value is -2.22. The van der Waals surface area contributed by atoms with E-state index >= 15 is 0 Å².